The lowest BCUT2D eigenvalue weighted by atomic mass is 10.0. The summed E-state index contributed by atoms with van der Waals surface area (Å²) in [5.41, 5.74) is 4.15. The van der Waals surface area contributed by atoms with Gasteiger partial charge in [0.1, 0.15) is 5.82 Å². The van der Waals surface area contributed by atoms with Gasteiger partial charge in [-0.1, -0.05) is 18.9 Å². The third kappa shape index (κ3) is 3.36. The van der Waals surface area contributed by atoms with Crippen molar-refractivity contribution in [3.8, 4) is 0 Å². The maximum atomic E-state index is 12.4. The molecule has 0 unspecified atom stereocenters. The lowest BCUT2D eigenvalue weighted by Gasteiger charge is -2.30. The quantitative estimate of drug-likeness (QED) is 0.936. The average Bonchev–Trinajstić information content (AvgIpc) is 3.14. The molecule has 1 aliphatic heterocycles. The molecule has 1 aliphatic carbocycles. The molecule has 5 heteroatoms. The van der Waals surface area contributed by atoms with E-state index in [1.807, 2.05) is 25.3 Å². The van der Waals surface area contributed by atoms with Crippen LogP contribution in [0.25, 0.3) is 0 Å². The van der Waals surface area contributed by atoms with Gasteiger partial charge in [0.2, 0.25) is 0 Å². The summed E-state index contributed by atoms with van der Waals surface area (Å²) in [5, 5.41) is 3.13. The average molecular weight is 336 g/mol. The second kappa shape index (κ2) is 6.82. The minimum absolute atomic E-state index is 0.00207. The highest BCUT2D eigenvalue weighted by molar-refractivity contribution is 5.94. The number of hydrogen-bond donors (Lipinski definition) is 1. The number of amides is 1. The predicted octanol–water partition coefficient (Wildman–Crippen LogP) is 3.02. The maximum absolute atomic E-state index is 12.4. The fourth-order valence-electron chi connectivity index (χ4n) is 3.91. The van der Waals surface area contributed by atoms with E-state index in [9.17, 15) is 4.79 Å². The lowest BCUT2D eigenvalue weighted by Crippen LogP contribution is -2.34. The molecule has 0 aromatic carbocycles. The number of aromatic nitrogens is 2. The summed E-state index contributed by atoms with van der Waals surface area (Å²) in [6, 6.07) is 6.41. The molecule has 1 N–H and O–H groups in total. The summed E-state index contributed by atoms with van der Waals surface area (Å²) in [4.78, 5) is 23.8. The standard InChI is InChI=1S/C20H24N4O/c1-14-11-16(20(25)23-17-6-2-3-7-17)12-22-19(14)24-10-8-18-15(13-24)5-4-9-21-18/h4-5,9,11-12,17H,2-3,6-8,10,13H2,1H3,(H,23,25). The van der Waals surface area contributed by atoms with Gasteiger partial charge in [0.15, 0.2) is 0 Å². The molecule has 1 saturated carbocycles. The maximum Gasteiger partial charge on any atom is 0.253 e. The van der Waals surface area contributed by atoms with Crippen molar-refractivity contribution in [3.63, 3.8) is 0 Å². The molecular weight excluding hydrogens is 312 g/mol. The van der Waals surface area contributed by atoms with Crippen molar-refractivity contribution in [2.45, 2.75) is 51.6 Å². The van der Waals surface area contributed by atoms with E-state index in [1.54, 1.807) is 6.20 Å². The van der Waals surface area contributed by atoms with E-state index in [4.69, 9.17) is 0 Å². The third-order valence-electron chi connectivity index (χ3n) is 5.27. The van der Waals surface area contributed by atoms with Gasteiger partial charge in [-0.3, -0.25) is 9.78 Å². The van der Waals surface area contributed by atoms with Crippen molar-refractivity contribution < 1.29 is 4.79 Å². The van der Waals surface area contributed by atoms with Crippen LogP contribution in [0.15, 0.2) is 30.6 Å². The topological polar surface area (TPSA) is 58.1 Å². The largest absolute Gasteiger partial charge is 0.352 e. The van der Waals surface area contributed by atoms with Crippen LogP contribution in [0.2, 0.25) is 0 Å². The number of hydrogen-bond acceptors (Lipinski definition) is 4. The van der Waals surface area contributed by atoms with Gasteiger partial charge in [-0.2, -0.15) is 0 Å². The Bertz CT molecular complexity index is 783. The van der Waals surface area contributed by atoms with Crippen LogP contribution in [0.5, 0.6) is 0 Å². The van der Waals surface area contributed by atoms with E-state index in [1.165, 1.54) is 24.1 Å². The highest BCUT2D eigenvalue weighted by Crippen LogP contribution is 2.25. The molecule has 0 bridgehead atoms. The van der Waals surface area contributed by atoms with E-state index in [2.05, 4.69) is 26.3 Å². The number of nitrogens with zero attached hydrogens (tertiary/aromatic N) is 3. The SMILES string of the molecule is Cc1cc(C(=O)NC2CCCC2)cnc1N1CCc2ncccc2C1. The number of pyridine rings is 2. The monoisotopic (exact) mass is 336 g/mol. The van der Waals surface area contributed by atoms with Crippen LogP contribution in [-0.2, 0) is 13.0 Å². The molecule has 0 radical (unpaired) electrons. The fraction of sp³-hybridized carbons (Fsp3) is 0.450. The zero-order chi connectivity index (χ0) is 17.2. The van der Waals surface area contributed by atoms with Gasteiger partial charge < -0.3 is 10.2 Å². The zero-order valence-corrected chi connectivity index (χ0v) is 14.7. The third-order valence-corrected chi connectivity index (χ3v) is 5.27. The molecule has 130 valence electrons. The van der Waals surface area contributed by atoms with Gasteiger partial charge in [0, 0.05) is 43.6 Å². The Labute approximate surface area is 148 Å². The van der Waals surface area contributed by atoms with Crippen LogP contribution in [0.3, 0.4) is 0 Å². The minimum atomic E-state index is 0.00207. The Balaban J connectivity index is 1.49. The molecule has 2 aromatic rings. The van der Waals surface area contributed by atoms with Crippen LogP contribution in [0.4, 0.5) is 5.82 Å². The van der Waals surface area contributed by atoms with Crippen molar-refractivity contribution in [2.24, 2.45) is 0 Å². The predicted molar refractivity (Wildman–Crippen MR) is 97.7 cm³/mol. The summed E-state index contributed by atoms with van der Waals surface area (Å²) in [6.45, 7) is 3.77. The smallest absolute Gasteiger partial charge is 0.253 e. The highest BCUT2D eigenvalue weighted by atomic mass is 16.1. The van der Waals surface area contributed by atoms with Gasteiger partial charge in [0.05, 0.1) is 5.56 Å². The summed E-state index contributed by atoms with van der Waals surface area (Å²) in [5.74, 6) is 0.967. The number of carbonyl (C=O) groups excluding carboxylic acids is 1. The molecule has 2 aliphatic rings. The van der Waals surface area contributed by atoms with Gasteiger partial charge in [-0.25, -0.2) is 4.98 Å². The summed E-state index contributed by atoms with van der Waals surface area (Å²) >= 11 is 0. The second-order valence-corrected chi connectivity index (χ2v) is 7.10. The van der Waals surface area contributed by atoms with Crippen molar-refractivity contribution in [3.05, 3.63) is 53.0 Å². The molecule has 1 amide bonds. The van der Waals surface area contributed by atoms with E-state index in [-0.39, 0.29) is 5.91 Å². The second-order valence-electron chi connectivity index (χ2n) is 7.10. The highest BCUT2D eigenvalue weighted by Gasteiger charge is 2.21. The Morgan fingerprint density at radius 3 is 2.92 bits per heavy atom. The molecule has 3 heterocycles. The van der Waals surface area contributed by atoms with Crippen LogP contribution < -0.4 is 10.2 Å². The van der Waals surface area contributed by atoms with Crippen molar-refractivity contribution in [1.29, 1.82) is 0 Å². The zero-order valence-electron chi connectivity index (χ0n) is 14.7. The molecule has 0 spiro atoms. The van der Waals surface area contributed by atoms with Gasteiger partial charge in [0.25, 0.3) is 5.91 Å². The van der Waals surface area contributed by atoms with E-state index in [0.29, 0.717) is 11.6 Å². The molecule has 2 aromatic heterocycles. The first-order chi connectivity index (χ1) is 12.2. The lowest BCUT2D eigenvalue weighted by molar-refractivity contribution is 0.0937. The Kier molecular flexibility index (Phi) is 4.38. The summed E-state index contributed by atoms with van der Waals surface area (Å²) < 4.78 is 0. The Hall–Kier alpha value is -2.43. The molecular formula is C20H24N4O. The molecule has 25 heavy (non-hydrogen) atoms. The first-order valence-electron chi connectivity index (χ1n) is 9.16. The van der Waals surface area contributed by atoms with Gasteiger partial charge in [-0.15, -0.1) is 0 Å². The fourth-order valence-corrected chi connectivity index (χ4v) is 3.91. The van der Waals surface area contributed by atoms with Crippen LogP contribution in [-0.4, -0.2) is 28.5 Å². The van der Waals surface area contributed by atoms with Crippen molar-refractivity contribution >= 4 is 11.7 Å². The van der Waals surface area contributed by atoms with Crippen LogP contribution in [0, 0.1) is 6.92 Å². The van der Waals surface area contributed by atoms with Crippen LogP contribution in [0.1, 0.15) is 52.9 Å². The number of fused-ring (bicyclic) bond motifs is 1. The summed E-state index contributed by atoms with van der Waals surface area (Å²) in [7, 11) is 0. The minimum Gasteiger partial charge on any atom is -0.352 e. The molecule has 4 rings (SSSR count). The summed E-state index contributed by atoms with van der Waals surface area (Å²) in [6.07, 6.45) is 9.12. The number of nitrogens with one attached hydrogen (secondary N) is 1. The Morgan fingerprint density at radius 2 is 2.12 bits per heavy atom. The van der Waals surface area contributed by atoms with Crippen molar-refractivity contribution in [1.82, 2.24) is 15.3 Å². The number of carbonyl (C=O) groups is 1. The molecule has 0 atom stereocenters. The van der Waals surface area contributed by atoms with Crippen molar-refractivity contribution in [2.75, 3.05) is 11.4 Å². The number of aryl methyl sites for hydroxylation is 1. The first-order valence-corrected chi connectivity index (χ1v) is 9.16. The van der Waals surface area contributed by atoms with E-state index >= 15 is 0 Å². The van der Waals surface area contributed by atoms with Crippen LogP contribution >= 0.6 is 0 Å². The first kappa shape index (κ1) is 16.1. The van der Waals surface area contributed by atoms with Gasteiger partial charge in [-0.05, 0) is 43.0 Å². The molecule has 0 saturated heterocycles. The van der Waals surface area contributed by atoms with E-state index < -0.39 is 0 Å². The van der Waals surface area contributed by atoms with Gasteiger partial charge >= 0.3 is 0 Å². The normalized spacial score (nSPS) is 17.4. The number of rotatable bonds is 3. The molecule has 5 nitrogen and oxygen atoms in total. The Morgan fingerprint density at radius 1 is 1.28 bits per heavy atom. The van der Waals surface area contributed by atoms with E-state index in [0.717, 1.165) is 43.7 Å². The molecule has 1 fully saturated rings. The number of anilines is 1.